The number of carbonyl (C=O) groups is 2. The van der Waals surface area contributed by atoms with Gasteiger partial charge in [-0.1, -0.05) is 12.1 Å². The summed E-state index contributed by atoms with van der Waals surface area (Å²) in [6, 6.07) is 15.1. The van der Waals surface area contributed by atoms with Crippen LogP contribution in [0.15, 0.2) is 48.5 Å². The van der Waals surface area contributed by atoms with Gasteiger partial charge in [0.2, 0.25) is 11.8 Å². The van der Waals surface area contributed by atoms with Crippen molar-refractivity contribution >= 4 is 35.0 Å². The molecule has 1 aliphatic rings. The molecule has 5 nitrogen and oxygen atoms in total. The Hall–Kier alpha value is -2.47. The summed E-state index contributed by atoms with van der Waals surface area (Å²) in [6.07, 6.45) is 0. The van der Waals surface area contributed by atoms with Crippen LogP contribution in [0.2, 0.25) is 0 Å². The van der Waals surface area contributed by atoms with Crippen LogP contribution in [0.5, 0.6) is 5.75 Å². The number of benzene rings is 2. The second kappa shape index (κ2) is 6.97. The first-order valence-electron chi connectivity index (χ1n) is 7.54. The highest BCUT2D eigenvalue weighted by Gasteiger charge is 2.34. The molecule has 1 heterocycles. The summed E-state index contributed by atoms with van der Waals surface area (Å²) in [5.41, 5.74) is 2.54. The molecule has 0 radical (unpaired) electrons. The zero-order chi connectivity index (χ0) is 17.1. The molecule has 2 aromatic carbocycles. The zero-order valence-electron chi connectivity index (χ0n) is 13.5. The number of methoxy groups -OCH3 is 1. The topological polar surface area (TPSA) is 58.6 Å². The van der Waals surface area contributed by atoms with Gasteiger partial charge in [0.1, 0.15) is 11.1 Å². The Labute approximate surface area is 145 Å². The maximum absolute atomic E-state index is 12.4. The molecule has 0 unspecified atom stereocenters. The molecule has 1 atom stereocenters. The molecule has 0 spiro atoms. The molecular weight excluding hydrogens is 324 g/mol. The number of amides is 2. The minimum atomic E-state index is -0.116. The van der Waals surface area contributed by atoms with E-state index >= 15 is 0 Å². The van der Waals surface area contributed by atoms with E-state index in [1.165, 1.54) is 6.92 Å². The Morgan fingerprint density at radius 3 is 2.67 bits per heavy atom. The second-order valence-corrected chi connectivity index (χ2v) is 6.50. The lowest BCUT2D eigenvalue weighted by molar-refractivity contribution is -0.116. The molecule has 2 aromatic rings. The Morgan fingerprint density at radius 2 is 2.00 bits per heavy atom. The summed E-state index contributed by atoms with van der Waals surface area (Å²) in [5.74, 6) is 1.14. The van der Waals surface area contributed by atoms with Crippen molar-refractivity contribution in [1.29, 1.82) is 0 Å². The molecule has 24 heavy (non-hydrogen) atoms. The van der Waals surface area contributed by atoms with E-state index < -0.39 is 0 Å². The number of nitrogens with one attached hydrogen (secondary N) is 1. The van der Waals surface area contributed by atoms with Gasteiger partial charge in [-0.25, -0.2) is 0 Å². The number of ether oxygens (including phenoxy) is 1. The van der Waals surface area contributed by atoms with Crippen LogP contribution in [0.4, 0.5) is 11.4 Å². The van der Waals surface area contributed by atoms with Crippen LogP contribution in [-0.2, 0) is 9.59 Å². The first-order chi connectivity index (χ1) is 11.6. The fraction of sp³-hybridized carbons (Fsp3) is 0.222. The first kappa shape index (κ1) is 16.4. The Balaban J connectivity index is 1.91. The van der Waals surface area contributed by atoms with E-state index in [0.29, 0.717) is 5.75 Å². The maximum Gasteiger partial charge on any atom is 0.238 e. The molecule has 1 N–H and O–H groups in total. The summed E-state index contributed by atoms with van der Waals surface area (Å²) in [4.78, 5) is 25.4. The highest BCUT2D eigenvalue weighted by molar-refractivity contribution is 8.00. The molecule has 0 aliphatic carbocycles. The SMILES string of the molecule is COc1ccc(N2C(=O)CS[C@@H]2c2cccc(NC(C)=O)c2)cc1. The van der Waals surface area contributed by atoms with Gasteiger partial charge in [-0.2, -0.15) is 0 Å². The molecule has 1 saturated heterocycles. The summed E-state index contributed by atoms with van der Waals surface area (Å²) in [5, 5.41) is 2.67. The van der Waals surface area contributed by atoms with Crippen LogP contribution in [0.3, 0.4) is 0 Å². The standard InChI is InChI=1S/C18H18N2O3S/c1-12(21)19-14-5-3-4-13(10-14)18-20(17(22)11-24-18)15-6-8-16(23-2)9-7-15/h3-10,18H,11H2,1-2H3,(H,19,21)/t18-/m1/s1. The van der Waals surface area contributed by atoms with Crippen LogP contribution < -0.4 is 15.0 Å². The summed E-state index contributed by atoms with van der Waals surface area (Å²) >= 11 is 1.58. The van der Waals surface area contributed by atoms with Crippen LogP contribution in [0.1, 0.15) is 17.9 Å². The quantitative estimate of drug-likeness (QED) is 0.925. The number of carbonyl (C=O) groups excluding carboxylic acids is 2. The number of anilines is 2. The van der Waals surface area contributed by atoms with E-state index in [-0.39, 0.29) is 17.2 Å². The lowest BCUT2D eigenvalue weighted by Crippen LogP contribution is -2.27. The lowest BCUT2D eigenvalue weighted by Gasteiger charge is -2.25. The van der Waals surface area contributed by atoms with Gasteiger partial charge >= 0.3 is 0 Å². The van der Waals surface area contributed by atoms with E-state index in [1.807, 2.05) is 48.5 Å². The van der Waals surface area contributed by atoms with Crippen LogP contribution in [-0.4, -0.2) is 24.7 Å². The molecule has 3 rings (SSSR count). The van der Waals surface area contributed by atoms with Gasteiger partial charge in [0.05, 0.1) is 12.9 Å². The van der Waals surface area contributed by atoms with Gasteiger partial charge in [0.15, 0.2) is 0 Å². The average molecular weight is 342 g/mol. The van der Waals surface area contributed by atoms with E-state index in [9.17, 15) is 9.59 Å². The molecule has 0 saturated carbocycles. The monoisotopic (exact) mass is 342 g/mol. The number of nitrogens with zero attached hydrogens (tertiary/aromatic N) is 1. The van der Waals surface area contributed by atoms with Crippen molar-refractivity contribution in [3.8, 4) is 5.75 Å². The van der Waals surface area contributed by atoms with Crippen LogP contribution >= 0.6 is 11.8 Å². The highest BCUT2D eigenvalue weighted by Crippen LogP contribution is 2.42. The van der Waals surface area contributed by atoms with E-state index in [2.05, 4.69) is 5.32 Å². The molecule has 2 amide bonds. The molecule has 1 fully saturated rings. The van der Waals surface area contributed by atoms with Gasteiger partial charge < -0.3 is 10.1 Å². The Bertz CT molecular complexity index is 761. The highest BCUT2D eigenvalue weighted by atomic mass is 32.2. The van der Waals surface area contributed by atoms with Gasteiger partial charge in [-0.15, -0.1) is 11.8 Å². The lowest BCUT2D eigenvalue weighted by atomic mass is 10.1. The third-order valence-corrected chi connectivity index (χ3v) is 4.92. The third-order valence-electron chi connectivity index (χ3n) is 3.71. The van der Waals surface area contributed by atoms with E-state index in [0.717, 1.165) is 22.7 Å². The fourth-order valence-electron chi connectivity index (χ4n) is 2.67. The van der Waals surface area contributed by atoms with Crippen molar-refractivity contribution in [3.63, 3.8) is 0 Å². The smallest absolute Gasteiger partial charge is 0.238 e. The zero-order valence-corrected chi connectivity index (χ0v) is 14.3. The summed E-state index contributed by atoms with van der Waals surface area (Å²) in [6.45, 7) is 1.48. The van der Waals surface area contributed by atoms with Crippen molar-refractivity contribution in [3.05, 3.63) is 54.1 Å². The van der Waals surface area contributed by atoms with Crippen LogP contribution in [0, 0.1) is 0 Å². The van der Waals surface area contributed by atoms with Crippen molar-refractivity contribution in [2.45, 2.75) is 12.3 Å². The molecule has 124 valence electrons. The number of rotatable bonds is 4. The normalized spacial score (nSPS) is 17.0. The van der Waals surface area contributed by atoms with Crippen molar-refractivity contribution in [2.24, 2.45) is 0 Å². The second-order valence-electron chi connectivity index (χ2n) is 5.43. The summed E-state index contributed by atoms with van der Waals surface area (Å²) < 4.78 is 5.17. The molecular formula is C18H18N2O3S. The minimum Gasteiger partial charge on any atom is -0.497 e. The number of thioether (sulfide) groups is 1. The average Bonchev–Trinajstić information content (AvgIpc) is 2.96. The molecule has 0 bridgehead atoms. The van der Waals surface area contributed by atoms with Gasteiger partial charge in [0.25, 0.3) is 0 Å². The number of hydrogen-bond acceptors (Lipinski definition) is 4. The van der Waals surface area contributed by atoms with Crippen molar-refractivity contribution in [1.82, 2.24) is 0 Å². The third kappa shape index (κ3) is 3.38. The first-order valence-corrected chi connectivity index (χ1v) is 8.58. The largest absolute Gasteiger partial charge is 0.497 e. The van der Waals surface area contributed by atoms with Crippen molar-refractivity contribution in [2.75, 3.05) is 23.1 Å². The number of hydrogen-bond donors (Lipinski definition) is 1. The van der Waals surface area contributed by atoms with Gasteiger partial charge in [0, 0.05) is 18.3 Å². The van der Waals surface area contributed by atoms with Gasteiger partial charge in [-0.3, -0.25) is 14.5 Å². The molecule has 1 aliphatic heterocycles. The summed E-state index contributed by atoms with van der Waals surface area (Å²) in [7, 11) is 1.61. The molecule has 0 aromatic heterocycles. The maximum atomic E-state index is 12.4. The molecule has 6 heteroatoms. The van der Waals surface area contributed by atoms with Crippen LogP contribution in [0.25, 0.3) is 0 Å². The van der Waals surface area contributed by atoms with E-state index in [1.54, 1.807) is 23.8 Å². The van der Waals surface area contributed by atoms with E-state index in [4.69, 9.17) is 4.74 Å². The Kier molecular flexibility index (Phi) is 4.76. The minimum absolute atomic E-state index is 0.0695. The van der Waals surface area contributed by atoms with Gasteiger partial charge in [-0.05, 0) is 42.0 Å². The fourth-order valence-corrected chi connectivity index (χ4v) is 3.83. The predicted molar refractivity (Wildman–Crippen MR) is 96.4 cm³/mol. The predicted octanol–water partition coefficient (Wildman–Crippen LogP) is 3.43. The Morgan fingerprint density at radius 1 is 1.25 bits per heavy atom. The van der Waals surface area contributed by atoms with Crippen molar-refractivity contribution < 1.29 is 14.3 Å².